The highest BCUT2D eigenvalue weighted by Crippen LogP contribution is 2.35. The van der Waals surface area contributed by atoms with E-state index in [-0.39, 0.29) is 6.61 Å². The maximum atomic E-state index is 10.0. The van der Waals surface area contributed by atoms with Crippen molar-refractivity contribution in [3.05, 3.63) is 27.2 Å². The van der Waals surface area contributed by atoms with Gasteiger partial charge >= 0.3 is 0 Å². The summed E-state index contributed by atoms with van der Waals surface area (Å²) in [6, 6.07) is 3.15. The number of aliphatic hydroxyl groups excluding tert-OH is 1. The van der Waals surface area contributed by atoms with E-state index in [2.05, 4.69) is 0 Å². The van der Waals surface area contributed by atoms with E-state index in [1.165, 1.54) is 24.2 Å². The Kier molecular flexibility index (Phi) is 6.24. The average Bonchev–Trinajstić information content (AvgIpc) is 2.38. The molecule has 0 aromatic heterocycles. The van der Waals surface area contributed by atoms with E-state index in [0.717, 1.165) is 13.1 Å². The summed E-state index contributed by atoms with van der Waals surface area (Å²) in [6.45, 7) is 3.13. The minimum atomic E-state index is -0.522. The van der Waals surface area contributed by atoms with Crippen molar-refractivity contribution in [2.24, 2.45) is 0 Å². The third-order valence-corrected chi connectivity index (χ3v) is 4.25. The maximum absolute atomic E-state index is 10.0. The molecule has 2 N–H and O–H groups in total. The Labute approximate surface area is 134 Å². The van der Waals surface area contributed by atoms with Crippen molar-refractivity contribution < 1.29 is 14.7 Å². The lowest BCUT2D eigenvalue weighted by Gasteiger charge is -2.25. The zero-order valence-corrected chi connectivity index (χ0v) is 13.4. The Balaban J connectivity index is 1.85. The molecule has 0 radical (unpaired) electrons. The number of benzene rings is 1. The van der Waals surface area contributed by atoms with Crippen LogP contribution in [0.3, 0.4) is 0 Å². The first-order valence-corrected chi connectivity index (χ1v) is 7.98. The molecule has 2 rings (SSSR count). The normalized spacial score (nSPS) is 18.0. The van der Waals surface area contributed by atoms with Crippen LogP contribution in [-0.4, -0.2) is 37.5 Å². The predicted molar refractivity (Wildman–Crippen MR) is 82.4 cm³/mol. The van der Waals surface area contributed by atoms with Crippen molar-refractivity contribution in [1.29, 1.82) is 0 Å². The van der Waals surface area contributed by atoms with Crippen LogP contribution < -0.4 is 9.64 Å². The molecule has 1 aliphatic heterocycles. The van der Waals surface area contributed by atoms with Gasteiger partial charge < -0.3 is 14.7 Å². The maximum Gasteiger partial charge on any atom is 0.156 e. The number of piperidine rings is 1. The number of aliphatic hydroxyl groups is 1. The summed E-state index contributed by atoms with van der Waals surface area (Å²) in [5, 5.41) is 11.2. The standard InChI is InChI=1S/C14H18Cl3NO2/c15-10-6-12(16)14(13(17)7-10)20-9-11(19)8-18-4-2-1-3-5-18/h6-7,11,19H,1-5,8-9H2/p+1/t11-/m0/s1. The summed E-state index contributed by atoms with van der Waals surface area (Å²) >= 11 is 17.9. The summed E-state index contributed by atoms with van der Waals surface area (Å²) in [5.74, 6) is 0.380. The van der Waals surface area contributed by atoms with Crippen LogP contribution in [0.25, 0.3) is 0 Å². The van der Waals surface area contributed by atoms with Crippen molar-refractivity contribution in [2.75, 3.05) is 26.2 Å². The molecule has 3 nitrogen and oxygen atoms in total. The second-order valence-electron chi connectivity index (χ2n) is 5.18. The number of nitrogens with one attached hydrogen (secondary N) is 1. The van der Waals surface area contributed by atoms with Crippen LogP contribution in [0.2, 0.25) is 15.1 Å². The highest BCUT2D eigenvalue weighted by atomic mass is 35.5. The summed E-state index contributed by atoms with van der Waals surface area (Å²) < 4.78 is 5.54. The fourth-order valence-corrected chi connectivity index (χ4v) is 3.42. The van der Waals surface area contributed by atoms with E-state index >= 15 is 0 Å². The largest absolute Gasteiger partial charge is 0.488 e. The summed E-state index contributed by atoms with van der Waals surface area (Å²) in [7, 11) is 0. The molecule has 1 heterocycles. The van der Waals surface area contributed by atoms with Gasteiger partial charge in [-0.15, -0.1) is 0 Å². The molecule has 1 fully saturated rings. The minimum Gasteiger partial charge on any atom is -0.488 e. The van der Waals surface area contributed by atoms with Gasteiger partial charge in [-0.1, -0.05) is 34.8 Å². The second-order valence-corrected chi connectivity index (χ2v) is 6.43. The zero-order chi connectivity index (χ0) is 14.5. The third-order valence-electron chi connectivity index (χ3n) is 3.47. The van der Waals surface area contributed by atoms with Crippen LogP contribution >= 0.6 is 34.8 Å². The molecule has 1 aromatic rings. The van der Waals surface area contributed by atoms with E-state index < -0.39 is 6.10 Å². The van der Waals surface area contributed by atoms with Gasteiger partial charge in [0.05, 0.1) is 23.1 Å². The lowest BCUT2D eigenvalue weighted by Crippen LogP contribution is -3.14. The van der Waals surface area contributed by atoms with Crippen molar-refractivity contribution in [3.63, 3.8) is 0 Å². The van der Waals surface area contributed by atoms with Gasteiger partial charge in [-0.2, -0.15) is 0 Å². The van der Waals surface area contributed by atoms with E-state index in [9.17, 15) is 5.11 Å². The van der Waals surface area contributed by atoms with Gasteiger partial charge in [-0.3, -0.25) is 0 Å². The van der Waals surface area contributed by atoms with E-state index in [1.54, 1.807) is 12.1 Å². The minimum absolute atomic E-state index is 0.185. The summed E-state index contributed by atoms with van der Waals surface area (Å²) in [4.78, 5) is 1.43. The second kappa shape index (κ2) is 7.71. The summed E-state index contributed by atoms with van der Waals surface area (Å²) in [5.41, 5.74) is 0. The van der Waals surface area contributed by atoms with Gasteiger partial charge in [-0.05, 0) is 31.4 Å². The van der Waals surface area contributed by atoms with Crippen LogP contribution in [0, 0.1) is 0 Å². The molecule has 0 aliphatic carbocycles. The number of hydrogen-bond donors (Lipinski definition) is 2. The molecule has 1 saturated heterocycles. The molecule has 0 spiro atoms. The Hall–Kier alpha value is -0.190. The fourth-order valence-electron chi connectivity index (χ4n) is 2.49. The van der Waals surface area contributed by atoms with Crippen molar-refractivity contribution in [2.45, 2.75) is 25.4 Å². The molecular weight excluding hydrogens is 321 g/mol. The van der Waals surface area contributed by atoms with Gasteiger partial charge in [0.1, 0.15) is 19.3 Å². The van der Waals surface area contributed by atoms with Gasteiger partial charge in [0.2, 0.25) is 0 Å². The number of ether oxygens (including phenoxy) is 1. The van der Waals surface area contributed by atoms with E-state index in [1.807, 2.05) is 0 Å². The SMILES string of the molecule is O[C@H](COc1c(Cl)cc(Cl)cc1Cl)C[NH+]1CCCCC1. The third kappa shape index (κ3) is 4.68. The zero-order valence-electron chi connectivity index (χ0n) is 11.2. The number of halogens is 3. The number of rotatable bonds is 5. The molecule has 20 heavy (non-hydrogen) atoms. The van der Waals surface area contributed by atoms with Gasteiger partial charge in [0, 0.05) is 5.02 Å². The van der Waals surface area contributed by atoms with Crippen LogP contribution in [0.5, 0.6) is 5.75 Å². The van der Waals surface area contributed by atoms with Gasteiger partial charge in [0.15, 0.2) is 5.75 Å². The fraction of sp³-hybridized carbons (Fsp3) is 0.571. The average molecular weight is 340 g/mol. The molecule has 112 valence electrons. The lowest BCUT2D eigenvalue weighted by molar-refractivity contribution is -0.908. The number of hydrogen-bond acceptors (Lipinski definition) is 2. The first-order valence-electron chi connectivity index (χ1n) is 6.85. The monoisotopic (exact) mass is 338 g/mol. The first-order chi connectivity index (χ1) is 9.56. The lowest BCUT2D eigenvalue weighted by atomic mass is 10.1. The molecule has 0 bridgehead atoms. The first kappa shape index (κ1) is 16.2. The topological polar surface area (TPSA) is 33.9 Å². The predicted octanol–water partition coefficient (Wildman–Crippen LogP) is 2.46. The molecule has 0 unspecified atom stereocenters. The number of quaternary nitrogens is 1. The molecule has 1 atom stereocenters. The summed E-state index contributed by atoms with van der Waals surface area (Å²) in [6.07, 6.45) is 3.24. The van der Waals surface area contributed by atoms with Crippen LogP contribution in [0.1, 0.15) is 19.3 Å². The van der Waals surface area contributed by atoms with Crippen molar-refractivity contribution >= 4 is 34.8 Å². The molecule has 0 saturated carbocycles. The number of likely N-dealkylation sites (tertiary alicyclic amines) is 1. The highest BCUT2D eigenvalue weighted by molar-refractivity contribution is 6.40. The Bertz CT molecular complexity index is 427. The van der Waals surface area contributed by atoms with E-state index in [4.69, 9.17) is 39.5 Å². The van der Waals surface area contributed by atoms with Crippen LogP contribution in [0.4, 0.5) is 0 Å². The Morgan fingerprint density at radius 1 is 1.10 bits per heavy atom. The molecule has 6 heteroatoms. The van der Waals surface area contributed by atoms with Crippen LogP contribution in [-0.2, 0) is 0 Å². The van der Waals surface area contributed by atoms with E-state index in [0.29, 0.717) is 27.4 Å². The highest BCUT2D eigenvalue weighted by Gasteiger charge is 2.19. The molecule has 1 aromatic carbocycles. The van der Waals surface area contributed by atoms with Gasteiger partial charge in [0.25, 0.3) is 0 Å². The van der Waals surface area contributed by atoms with Crippen LogP contribution in [0.15, 0.2) is 12.1 Å². The quantitative estimate of drug-likeness (QED) is 0.864. The molecule has 0 amide bonds. The molecular formula is C14H19Cl3NO2+. The van der Waals surface area contributed by atoms with Crippen molar-refractivity contribution in [3.8, 4) is 5.75 Å². The Morgan fingerprint density at radius 2 is 1.70 bits per heavy atom. The molecule has 1 aliphatic rings. The van der Waals surface area contributed by atoms with Gasteiger partial charge in [-0.25, -0.2) is 0 Å². The Morgan fingerprint density at radius 3 is 2.30 bits per heavy atom. The van der Waals surface area contributed by atoms with Crippen molar-refractivity contribution in [1.82, 2.24) is 0 Å². The smallest absolute Gasteiger partial charge is 0.156 e.